The summed E-state index contributed by atoms with van der Waals surface area (Å²) in [5, 5.41) is 10.5. The highest BCUT2D eigenvalue weighted by atomic mass is 32.1. The van der Waals surface area contributed by atoms with E-state index in [2.05, 4.69) is 20.4 Å². The number of aromatic nitrogens is 1. The molecule has 4 amide bonds. The molecule has 4 rings (SSSR count). The van der Waals surface area contributed by atoms with E-state index < -0.39 is 35.9 Å². The molecular formula is C21H18N4O5S2. The fourth-order valence-electron chi connectivity index (χ4n) is 3.31. The van der Waals surface area contributed by atoms with Gasteiger partial charge in [0.2, 0.25) is 5.91 Å². The van der Waals surface area contributed by atoms with Crippen molar-refractivity contribution in [3.05, 3.63) is 69.4 Å². The van der Waals surface area contributed by atoms with E-state index in [0.29, 0.717) is 5.56 Å². The number of carbonyl (C=O) groups excluding carboxylic acids is 4. The number of esters is 1. The van der Waals surface area contributed by atoms with Crippen LogP contribution in [0.5, 0.6) is 0 Å². The first kappa shape index (κ1) is 21.7. The summed E-state index contributed by atoms with van der Waals surface area (Å²) in [4.78, 5) is 55.7. The minimum absolute atomic E-state index is 0.0555. The number of hydrogen-bond donors (Lipinski definition) is 2. The van der Waals surface area contributed by atoms with Gasteiger partial charge in [0.05, 0.1) is 7.11 Å². The quantitative estimate of drug-likeness (QED) is 0.405. The minimum Gasteiger partial charge on any atom is -0.464 e. The Labute approximate surface area is 191 Å². The second-order valence-corrected chi connectivity index (χ2v) is 8.51. The number of rotatable bonds is 7. The summed E-state index contributed by atoms with van der Waals surface area (Å²) >= 11 is 2.45. The molecule has 1 fully saturated rings. The normalized spacial score (nSPS) is 16.5. The molecule has 1 aliphatic rings. The average molecular weight is 471 g/mol. The van der Waals surface area contributed by atoms with Crippen LogP contribution >= 0.6 is 22.7 Å². The van der Waals surface area contributed by atoms with E-state index in [1.165, 1.54) is 23.8 Å². The molecule has 3 aromatic rings. The Morgan fingerprint density at radius 3 is 2.69 bits per heavy atom. The van der Waals surface area contributed by atoms with Crippen LogP contribution in [0, 0.1) is 0 Å². The van der Waals surface area contributed by atoms with Crippen molar-refractivity contribution in [2.24, 2.45) is 0 Å². The molecule has 9 nitrogen and oxygen atoms in total. The summed E-state index contributed by atoms with van der Waals surface area (Å²) in [6.45, 7) is 0. The molecule has 0 bridgehead atoms. The molecule has 3 heterocycles. The average Bonchev–Trinajstić information content (AvgIpc) is 3.54. The molecule has 1 aromatic carbocycles. The lowest BCUT2D eigenvalue weighted by molar-refractivity contribution is -0.134. The van der Waals surface area contributed by atoms with Crippen molar-refractivity contribution in [3.8, 4) is 0 Å². The van der Waals surface area contributed by atoms with E-state index in [1.54, 1.807) is 11.4 Å². The van der Waals surface area contributed by atoms with E-state index in [1.807, 2.05) is 35.7 Å². The minimum atomic E-state index is -1.11. The molecule has 0 spiro atoms. The topological polar surface area (TPSA) is 118 Å². The van der Waals surface area contributed by atoms with Gasteiger partial charge in [0.1, 0.15) is 12.1 Å². The number of urea groups is 1. The molecule has 2 aromatic heterocycles. The summed E-state index contributed by atoms with van der Waals surface area (Å²) in [6.07, 6.45) is 0.122. The number of thiophene rings is 1. The highest BCUT2D eigenvalue weighted by Gasteiger charge is 2.45. The number of thiazole rings is 1. The van der Waals surface area contributed by atoms with Crippen LogP contribution in [0.1, 0.15) is 27.7 Å². The maximum absolute atomic E-state index is 13.2. The molecule has 32 heavy (non-hydrogen) atoms. The number of carbonyl (C=O) groups is 4. The fourth-order valence-corrected chi connectivity index (χ4v) is 4.68. The van der Waals surface area contributed by atoms with Crippen molar-refractivity contribution < 1.29 is 23.9 Å². The van der Waals surface area contributed by atoms with Crippen molar-refractivity contribution in [1.82, 2.24) is 15.2 Å². The molecule has 0 saturated carbocycles. The third kappa shape index (κ3) is 4.39. The summed E-state index contributed by atoms with van der Waals surface area (Å²) in [7, 11) is 1.23. The molecule has 1 unspecified atom stereocenters. The van der Waals surface area contributed by atoms with Crippen LogP contribution in [-0.4, -0.2) is 46.9 Å². The van der Waals surface area contributed by atoms with Crippen molar-refractivity contribution >= 4 is 51.6 Å². The van der Waals surface area contributed by atoms with Crippen LogP contribution in [-0.2, 0) is 20.7 Å². The summed E-state index contributed by atoms with van der Waals surface area (Å²) < 4.78 is 4.63. The molecule has 1 saturated heterocycles. The maximum atomic E-state index is 13.2. The first-order chi connectivity index (χ1) is 15.5. The molecule has 0 aliphatic carbocycles. The third-order valence-corrected chi connectivity index (χ3v) is 6.32. The summed E-state index contributed by atoms with van der Waals surface area (Å²) in [6, 6.07) is 8.25. The smallest absolute Gasteiger partial charge is 0.357 e. The van der Waals surface area contributed by atoms with Gasteiger partial charge in [0.15, 0.2) is 10.8 Å². The van der Waals surface area contributed by atoms with Gasteiger partial charge in [-0.2, -0.15) is 11.3 Å². The number of nitrogens with one attached hydrogen (secondary N) is 2. The summed E-state index contributed by atoms with van der Waals surface area (Å²) in [5.74, 6) is -1.72. The number of methoxy groups -OCH3 is 1. The Kier molecular flexibility index (Phi) is 6.28. The van der Waals surface area contributed by atoms with Gasteiger partial charge >= 0.3 is 12.0 Å². The van der Waals surface area contributed by atoms with E-state index in [-0.39, 0.29) is 17.2 Å². The Balaban J connectivity index is 1.60. The van der Waals surface area contributed by atoms with E-state index in [4.69, 9.17) is 0 Å². The lowest BCUT2D eigenvalue weighted by Gasteiger charge is -2.24. The van der Waals surface area contributed by atoms with E-state index in [9.17, 15) is 19.2 Å². The molecule has 164 valence electrons. The van der Waals surface area contributed by atoms with E-state index in [0.717, 1.165) is 21.8 Å². The Morgan fingerprint density at radius 1 is 1.22 bits per heavy atom. The zero-order valence-electron chi connectivity index (χ0n) is 16.8. The second kappa shape index (κ2) is 9.28. The van der Waals surface area contributed by atoms with Gasteiger partial charge in [0.25, 0.3) is 5.91 Å². The van der Waals surface area contributed by atoms with Gasteiger partial charge in [-0.1, -0.05) is 30.3 Å². The van der Waals surface area contributed by atoms with Crippen molar-refractivity contribution in [3.63, 3.8) is 0 Å². The Bertz CT molecular complexity index is 1150. The molecule has 2 atom stereocenters. The van der Waals surface area contributed by atoms with Gasteiger partial charge in [-0.05, 0) is 28.0 Å². The lowest BCUT2D eigenvalue weighted by atomic mass is 10.0. The number of nitrogens with zero attached hydrogens (tertiary/aromatic N) is 2. The predicted octanol–water partition coefficient (Wildman–Crippen LogP) is 2.83. The van der Waals surface area contributed by atoms with Crippen LogP contribution in [0.3, 0.4) is 0 Å². The van der Waals surface area contributed by atoms with Crippen LogP contribution < -0.4 is 10.6 Å². The highest BCUT2D eigenvalue weighted by Crippen LogP contribution is 2.27. The second-order valence-electron chi connectivity index (χ2n) is 6.87. The number of benzene rings is 1. The first-order valence-electron chi connectivity index (χ1n) is 9.52. The Hall–Kier alpha value is -3.57. The molecule has 11 heteroatoms. The molecule has 2 N–H and O–H groups in total. The SMILES string of the molecule is COC(=O)c1csc(NC(=O)[C@H](Cc2ccccc2)N2C(=O)NC(c3ccsc3)C2=O)n1. The van der Waals surface area contributed by atoms with Crippen molar-refractivity contribution in [2.45, 2.75) is 18.5 Å². The van der Waals surface area contributed by atoms with Crippen molar-refractivity contribution in [2.75, 3.05) is 12.4 Å². The number of ether oxygens (including phenoxy) is 1. The Morgan fingerprint density at radius 2 is 2.00 bits per heavy atom. The van der Waals surface area contributed by atoms with Gasteiger partial charge in [-0.3, -0.25) is 9.59 Å². The maximum Gasteiger partial charge on any atom is 0.357 e. The number of imide groups is 1. The van der Waals surface area contributed by atoms with E-state index >= 15 is 0 Å². The van der Waals surface area contributed by atoms with Gasteiger partial charge in [-0.25, -0.2) is 19.5 Å². The van der Waals surface area contributed by atoms with Crippen LogP contribution in [0.15, 0.2) is 52.5 Å². The largest absolute Gasteiger partial charge is 0.464 e. The zero-order valence-corrected chi connectivity index (χ0v) is 18.4. The first-order valence-corrected chi connectivity index (χ1v) is 11.3. The fraction of sp³-hybridized carbons (Fsp3) is 0.190. The standard InChI is InChI=1S/C21H18N4O5S2/c1-30-19(28)14-11-32-20(22-14)24-17(26)15(9-12-5-3-2-4-6-12)25-18(27)16(23-21(25)29)13-7-8-31-10-13/h2-8,10-11,15-16H,9H2,1H3,(H,23,29)(H,22,24,26)/t15-,16?/m0/s1. The van der Waals surface area contributed by atoms with Gasteiger partial charge < -0.3 is 15.4 Å². The van der Waals surface area contributed by atoms with Crippen LogP contribution in [0.2, 0.25) is 0 Å². The van der Waals surface area contributed by atoms with Gasteiger partial charge in [-0.15, -0.1) is 11.3 Å². The molecule has 0 radical (unpaired) electrons. The van der Waals surface area contributed by atoms with Crippen LogP contribution in [0.25, 0.3) is 0 Å². The number of anilines is 1. The molecule has 1 aliphatic heterocycles. The zero-order chi connectivity index (χ0) is 22.7. The van der Waals surface area contributed by atoms with Crippen LogP contribution in [0.4, 0.5) is 9.93 Å². The lowest BCUT2D eigenvalue weighted by Crippen LogP contribution is -2.49. The number of hydrogen-bond acceptors (Lipinski definition) is 8. The summed E-state index contributed by atoms with van der Waals surface area (Å²) in [5.41, 5.74) is 1.50. The third-order valence-electron chi connectivity index (χ3n) is 4.86. The van der Waals surface area contributed by atoms with Gasteiger partial charge in [0, 0.05) is 11.8 Å². The van der Waals surface area contributed by atoms with Crippen molar-refractivity contribution in [1.29, 1.82) is 0 Å². The predicted molar refractivity (Wildman–Crippen MR) is 118 cm³/mol. The highest BCUT2D eigenvalue weighted by molar-refractivity contribution is 7.14. The number of amides is 4. The monoisotopic (exact) mass is 470 g/mol. The molecular weight excluding hydrogens is 452 g/mol.